The maximum absolute atomic E-state index is 5.80. The second-order valence-corrected chi connectivity index (χ2v) is 3.38. The molecule has 0 aliphatic carbocycles. The van der Waals surface area contributed by atoms with Crippen LogP contribution < -0.4 is 10.3 Å². The van der Waals surface area contributed by atoms with Crippen molar-refractivity contribution in [2.75, 3.05) is 5.73 Å². The Bertz CT molecular complexity index is 246. The SMILES string of the molecule is CCCCCC[n+]1ccccc1N. The third-order valence-electron chi connectivity index (χ3n) is 2.23. The lowest BCUT2D eigenvalue weighted by molar-refractivity contribution is -0.683. The minimum absolute atomic E-state index is 0.860. The molecule has 0 aliphatic rings. The van der Waals surface area contributed by atoms with Crippen LogP contribution in [-0.4, -0.2) is 0 Å². The van der Waals surface area contributed by atoms with Crippen LogP contribution in [0.4, 0.5) is 5.82 Å². The average molecular weight is 179 g/mol. The van der Waals surface area contributed by atoms with Crippen LogP contribution in [0.1, 0.15) is 32.6 Å². The minimum Gasteiger partial charge on any atom is -0.287 e. The van der Waals surface area contributed by atoms with Crippen molar-refractivity contribution in [3.63, 3.8) is 0 Å². The summed E-state index contributed by atoms with van der Waals surface area (Å²) < 4.78 is 2.11. The van der Waals surface area contributed by atoms with Gasteiger partial charge in [0.2, 0.25) is 0 Å². The molecule has 1 rings (SSSR count). The Balaban J connectivity index is 2.32. The maximum atomic E-state index is 5.80. The lowest BCUT2D eigenvalue weighted by atomic mass is 10.2. The lowest BCUT2D eigenvalue weighted by Gasteiger charge is -2.01. The van der Waals surface area contributed by atoms with Crippen molar-refractivity contribution in [1.82, 2.24) is 0 Å². The fraction of sp³-hybridized carbons (Fsp3) is 0.545. The summed E-state index contributed by atoms with van der Waals surface area (Å²) in [6.07, 6.45) is 7.19. The number of pyridine rings is 1. The number of nitrogen functional groups attached to an aromatic ring is 1. The van der Waals surface area contributed by atoms with E-state index in [0.717, 1.165) is 12.4 Å². The Labute approximate surface area is 80.4 Å². The quantitative estimate of drug-likeness (QED) is 0.544. The molecule has 0 radical (unpaired) electrons. The number of hydrogen-bond donors (Lipinski definition) is 1. The van der Waals surface area contributed by atoms with Crippen molar-refractivity contribution in [3.05, 3.63) is 24.4 Å². The van der Waals surface area contributed by atoms with Gasteiger partial charge in [-0.05, 0) is 18.9 Å². The van der Waals surface area contributed by atoms with Gasteiger partial charge in [-0.3, -0.25) is 5.73 Å². The van der Waals surface area contributed by atoms with Gasteiger partial charge >= 0.3 is 0 Å². The third kappa shape index (κ3) is 3.45. The van der Waals surface area contributed by atoms with E-state index >= 15 is 0 Å². The number of aryl methyl sites for hydroxylation is 1. The Morgan fingerprint density at radius 2 is 2.08 bits per heavy atom. The zero-order valence-electron chi connectivity index (χ0n) is 8.37. The van der Waals surface area contributed by atoms with Gasteiger partial charge in [-0.15, -0.1) is 0 Å². The maximum Gasteiger partial charge on any atom is 0.272 e. The molecule has 0 unspecified atom stereocenters. The highest BCUT2D eigenvalue weighted by atomic mass is 15.0. The molecule has 0 aromatic carbocycles. The van der Waals surface area contributed by atoms with Crippen LogP contribution in [0.3, 0.4) is 0 Å². The summed E-state index contributed by atoms with van der Waals surface area (Å²) in [7, 11) is 0. The lowest BCUT2D eigenvalue weighted by Crippen LogP contribution is -2.36. The molecule has 0 spiro atoms. The van der Waals surface area contributed by atoms with Crippen LogP contribution in [0.25, 0.3) is 0 Å². The molecule has 2 nitrogen and oxygen atoms in total. The Hall–Kier alpha value is -1.05. The molecule has 0 fully saturated rings. The summed E-state index contributed by atoms with van der Waals surface area (Å²) in [5.41, 5.74) is 5.80. The van der Waals surface area contributed by atoms with Crippen LogP contribution in [-0.2, 0) is 6.54 Å². The molecule has 1 heterocycles. The van der Waals surface area contributed by atoms with Gasteiger partial charge < -0.3 is 0 Å². The fourth-order valence-corrected chi connectivity index (χ4v) is 1.40. The molecule has 2 heteroatoms. The summed E-state index contributed by atoms with van der Waals surface area (Å²) in [5, 5.41) is 0. The van der Waals surface area contributed by atoms with Crippen LogP contribution in [0.15, 0.2) is 24.4 Å². The van der Waals surface area contributed by atoms with Crippen molar-refractivity contribution < 1.29 is 4.57 Å². The van der Waals surface area contributed by atoms with Gasteiger partial charge in [0.1, 0.15) is 0 Å². The van der Waals surface area contributed by atoms with Crippen molar-refractivity contribution in [2.45, 2.75) is 39.2 Å². The Morgan fingerprint density at radius 3 is 2.77 bits per heavy atom. The van der Waals surface area contributed by atoms with Gasteiger partial charge in [-0.25, -0.2) is 4.57 Å². The highest BCUT2D eigenvalue weighted by molar-refractivity contribution is 5.18. The Kier molecular flexibility index (Phi) is 4.30. The largest absolute Gasteiger partial charge is 0.287 e. The molecule has 0 atom stereocenters. The normalized spacial score (nSPS) is 10.2. The minimum atomic E-state index is 0.860. The number of nitrogens with zero attached hydrogens (tertiary/aromatic N) is 1. The summed E-state index contributed by atoms with van der Waals surface area (Å²) in [6.45, 7) is 3.27. The number of rotatable bonds is 5. The van der Waals surface area contributed by atoms with E-state index in [1.807, 2.05) is 24.4 Å². The van der Waals surface area contributed by atoms with Crippen molar-refractivity contribution in [1.29, 1.82) is 0 Å². The molecular formula is C11H19N2+. The first-order valence-corrected chi connectivity index (χ1v) is 5.08. The van der Waals surface area contributed by atoms with Gasteiger partial charge in [0.15, 0.2) is 0 Å². The number of unbranched alkanes of at least 4 members (excludes halogenated alkanes) is 3. The molecule has 2 N–H and O–H groups in total. The van der Waals surface area contributed by atoms with Crippen molar-refractivity contribution in [2.24, 2.45) is 0 Å². The van der Waals surface area contributed by atoms with E-state index in [-0.39, 0.29) is 0 Å². The monoisotopic (exact) mass is 179 g/mol. The van der Waals surface area contributed by atoms with Crippen molar-refractivity contribution >= 4 is 5.82 Å². The zero-order valence-corrected chi connectivity index (χ0v) is 8.37. The summed E-state index contributed by atoms with van der Waals surface area (Å²) in [4.78, 5) is 0. The smallest absolute Gasteiger partial charge is 0.272 e. The summed E-state index contributed by atoms with van der Waals surface area (Å²) in [5.74, 6) is 0.860. The highest BCUT2D eigenvalue weighted by Gasteiger charge is 2.00. The van der Waals surface area contributed by atoms with E-state index in [4.69, 9.17) is 5.73 Å². The number of hydrogen-bond acceptors (Lipinski definition) is 1. The van der Waals surface area contributed by atoms with E-state index < -0.39 is 0 Å². The van der Waals surface area contributed by atoms with E-state index in [1.165, 1.54) is 25.7 Å². The van der Waals surface area contributed by atoms with Gasteiger partial charge in [-0.2, -0.15) is 0 Å². The van der Waals surface area contributed by atoms with E-state index in [1.54, 1.807) is 0 Å². The number of aromatic nitrogens is 1. The molecule has 13 heavy (non-hydrogen) atoms. The molecule has 0 aliphatic heterocycles. The van der Waals surface area contributed by atoms with E-state index in [2.05, 4.69) is 11.5 Å². The molecule has 0 saturated carbocycles. The van der Waals surface area contributed by atoms with E-state index in [9.17, 15) is 0 Å². The first kappa shape index (κ1) is 10.0. The standard InChI is InChI=1S/C11H18N2/c1-2-3-4-6-9-13-10-7-5-8-11(13)12/h5,7-8,10,12H,2-4,6,9H2,1H3/p+1. The summed E-state index contributed by atoms with van der Waals surface area (Å²) >= 11 is 0. The Morgan fingerprint density at radius 1 is 1.23 bits per heavy atom. The van der Waals surface area contributed by atoms with Gasteiger partial charge in [0.25, 0.3) is 5.82 Å². The predicted octanol–water partition coefficient (Wildman–Crippen LogP) is 2.14. The molecule has 1 aromatic rings. The fourth-order valence-electron chi connectivity index (χ4n) is 1.40. The van der Waals surface area contributed by atoms with Gasteiger partial charge in [0.05, 0.1) is 12.7 Å². The van der Waals surface area contributed by atoms with Crippen molar-refractivity contribution in [3.8, 4) is 0 Å². The second kappa shape index (κ2) is 5.57. The van der Waals surface area contributed by atoms with Crippen LogP contribution in [0.5, 0.6) is 0 Å². The molecule has 1 aromatic heterocycles. The zero-order chi connectivity index (χ0) is 9.52. The van der Waals surface area contributed by atoms with Crippen LogP contribution in [0, 0.1) is 0 Å². The third-order valence-corrected chi connectivity index (χ3v) is 2.23. The molecular weight excluding hydrogens is 160 g/mol. The van der Waals surface area contributed by atoms with Gasteiger partial charge in [-0.1, -0.05) is 25.8 Å². The molecule has 0 bridgehead atoms. The molecule has 72 valence electrons. The first-order chi connectivity index (χ1) is 6.34. The summed E-state index contributed by atoms with van der Waals surface area (Å²) in [6, 6.07) is 5.94. The first-order valence-electron chi connectivity index (χ1n) is 5.08. The van der Waals surface area contributed by atoms with E-state index in [0.29, 0.717) is 0 Å². The highest BCUT2D eigenvalue weighted by Crippen LogP contribution is 1.99. The molecule has 0 saturated heterocycles. The average Bonchev–Trinajstić information content (AvgIpc) is 2.15. The van der Waals surface area contributed by atoms with Gasteiger partial charge in [0, 0.05) is 6.07 Å². The molecule has 0 amide bonds. The topological polar surface area (TPSA) is 29.9 Å². The number of anilines is 1. The number of nitrogens with two attached hydrogens (primary N) is 1. The van der Waals surface area contributed by atoms with Crippen LogP contribution >= 0.6 is 0 Å². The predicted molar refractivity (Wildman–Crippen MR) is 55.2 cm³/mol. The van der Waals surface area contributed by atoms with Crippen LogP contribution in [0.2, 0.25) is 0 Å². The second-order valence-electron chi connectivity index (χ2n) is 3.38.